The van der Waals surface area contributed by atoms with Crippen molar-refractivity contribution < 1.29 is 14.3 Å². The van der Waals surface area contributed by atoms with Gasteiger partial charge in [-0.15, -0.1) is 0 Å². The molecule has 0 amide bonds. The average Bonchev–Trinajstić information content (AvgIpc) is 2.34. The number of esters is 1. The molecule has 0 aromatic heterocycles. The molecule has 3 heteroatoms. The molecule has 3 nitrogen and oxygen atoms in total. The summed E-state index contributed by atoms with van der Waals surface area (Å²) in [6.07, 6.45) is 8.19. The van der Waals surface area contributed by atoms with Crippen molar-refractivity contribution in [2.24, 2.45) is 0 Å². The highest BCUT2D eigenvalue weighted by molar-refractivity contribution is 5.86. The van der Waals surface area contributed by atoms with Crippen LogP contribution in [0.5, 0.6) is 0 Å². The molecule has 20 heavy (non-hydrogen) atoms. The lowest BCUT2D eigenvalue weighted by molar-refractivity contribution is -0.139. The third kappa shape index (κ3) is 13.6. The lowest BCUT2D eigenvalue weighted by Crippen LogP contribution is -2.19. The highest BCUT2D eigenvalue weighted by Crippen LogP contribution is 2.11. The summed E-state index contributed by atoms with van der Waals surface area (Å²) in [5, 5.41) is 0. The zero-order chi connectivity index (χ0) is 15.4. The molecule has 0 N–H and O–H groups in total. The van der Waals surface area contributed by atoms with Crippen molar-refractivity contribution in [2.45, 2.75) is 78.2 Å². The molecule has 0 aliphatic carbocycles. The molecule has 0 heterocycles. The molecule has 0 aliphatic rings. The fourth-order valence-electron chi connectivity index (χ4n) is 1.75. The fourth-order valence-corrected chi connectivity index (χ4v) is 1.75. The van der Waals surface area contributed by atoms with Crippen LogP contribution in [0, 0.1) is 0 Å². The monoisotopic (exact) mass is 284 g/mol. The van der Waals surface area contributed by atoms with Gasteiger partial charge in [0.2, 0.25) is 0 Å². The van der Waals surface area contributed by atoms with Gasteiger partial charge in [-0.05, 0) is 40.5 Å². The highest BCUT2D eigenvalue weighted by Gasteiger charge is 2.08. The van der Waals surface area contributed by atoms with E-state index in [0.717, 1.165) is 25.9 Å². The second-order valence-electron chi connectivity index (χ2n) is 6.35. The summed E-state index contributed by atoms with van der Waals surface area (Å²) in [4.78, 5) is 11.1. The van der Waals surface area contributed by atoms with Crippen molar-refractivity contribution >= 4 is 5.97 Å². The van der Waals surface area contributed by atoms with Gasteiger partial charge in [0, 0.05) is 12.2 Å². The van der Waals surface area contributed by atoms with Crippen molar-refractivity contribution in [3.63, 3.8) is 0 Å². The van der Waals surface area contributed by atoms with Crippen molar-refractivity contribution in [1.82, 2.24) is 0 Å². The van der Waals surface area contributed by atoms with Crippen LogP contribution in [0.15, 0.2) is 12.2 Å². The van der Waals surface area contributed by atoms with Crippen molar-refractivity contribution in [1.29, 1.82) is 0 Å². The van der Waals surface area contributed by atoms with E-state index in [4.69, 9.17) is 9.47 Å². The number of carbonyl (C=O) groups excluding carboxylic acids is 1. The molecule has 0 unspecified atom stereocenters. The fraction of sp³-hybridized carbons (Fsp3) is 0.824. The largest absolute Gasteiger partial charge is 0.462 e. The molecular weight excluding hydrogens is 252 g/mol. The van der Waals surface area contributed by atoms with Gasteiger partial charge < -0.3 is 9.47 Å². The molecule has 0 spiro atoms. The Morgan fingerprint density at radius 2 is 1.35 bits per heavy atom. The zero-order valence-electron chi connectivity index (χ0n) is 13.8. The Bertz CT molecular complexity index is 276. The summed E-state index contributed by atoms with van der Waals surface area (Å²) in [7, 11) is 0. The van der Waals surface area contributed by atoms with Crippen LogP contribution < -0.4 is 0 Å². The van der Waals surface area contributed by atoms with E-state index in [0.29, 0.717) is 12.2 Å². The zero-order valence-corrected chi connectivity index (χ0v) is 13.8. The first-order valence-electron chi connectivity index (χ1n) is 7.79. The van der Waals surface area contributed by atoms with Crippen LogP contribution in [0.25, 0.3) is 0 Å². The minimum absolute atomic E-state index is 0.0127. The van der Waals surface area contributed by atoms with Gasteiger partial charge >= 0.3 is 5.97 Å². The number of hydrogen-bond acceptors (Lipinski definition) is 3. The predicted molar refractivity (Wildman–Crippen MR) is 83.8 cm³/mol. The molecule has 0 aliphatic heterocycles. The number of carbonyl (C=O) groups is 1. The Morgan fingerprint density at radius 3 is 1.80 bits per heavy atom. The summed E-state index contributed by atoms with van der Waals surface area (Å²) in [5.41, 5.74) is 0.462. The molecule has 118 valence electrons. The van der Waals surface area contributed by atoms with Gasteiger partial charge in [0.15, 0.2) is 0 Å². The number of ether oxygens (including phenoxy) is 2. The van der Waals surface area contributed by atoms with Crippen LogP contribution in [0.1, 0.15) is 72.6 Å². The lowest BCUT2D eigenvalue weighted by atomic mass is 10.1. The lowest BCUT2D eigenvalue weighted by Gasteiger charge is -2.19. The van der Waals surface area contributed by atoms with Crippen molar-refractivity contribution in [3.8, 4) is 0 Å². The summed E-state index contributed by atoms with van der Waals surface area (Å²) in [6, 6.07) is 0. The van der Waals surface area contributed by atoms with E-state index in [1.54, 1.807) is 6.92 Å². The molecule has 0 bridgehead atoms. The van der Waals surface area contributed by atoms with Crippen LogP contribution in [-0.2, 0) is 14.3 Å². The Morgan fingerprint density at radius 1 is 0.900 bits per heavy atom. The second-order valence-corrected chi connectivity index (χ2v) is 6.35. The summed E-state index contributed by atoms with van der Waals surface area (Å²) < 4.78 is 10.7. The third-order valence-electron chi connectivity index (χ3n) is 2.91. The van der Waals surface area contributed by atoms with E-state index >= 15 is 0 Å². The maximum absolute atomic E-state index is 11.1. The minimum atomic E-state index is -0.274. The van der Waals surface area contributed by atoms with Gasteiger partial charge in [0.25, 0.3) is 0 Å². The number of hydrogen-bond donors (Lipinski definition) is 0. The van der Waals surface area contributed by atoms with Crippen molar-refractivity contribution in [3.05, 3.63) is 12.2 Å². The van der Waals surface area contributed by atoms with Crippen LogP contribution >= 0.6 is 0 Å². The third-order valence-corrected chi connectivity index (χ3v) is 2.91. The highest BCUT2D eigenvalue weighted by atomic mass is 16.5. The molecule has 0 aromatic carbocycles. The number of unbranched alkanes of at least 4 members (excludes halogenated alkanes) is 6. The molecule has 0 fully saturated rings. The Kier molecular flexibility index (Phi) is 10.4. The Hall–Kier alpha value is -0.830. The summed E-state index contributed by atoms with van der Waals surface area (Å²) in [5.74, 6) is -0.274. The maximum atomic E-state index is 11.1. The van der Waals surface area contributed by atoms with E-state index in [9.17, 15) is 4.79 Å². The molecule has 0 saturated heterocycles. The van der Waals surface area contributed by atoms with Gasteiger partial charge in [-0.3, -0.25) is 0 Å². The summed E-state index contributed by atoms with van der Waals surface area (Å²) >= 11 is 0. The van der Waals surface area contributed by atoms with E-state index < -0.39 is 0 Å². The van der Waals surface area contributed by atoms with E-state index in [1.165, 1.54) is 25.7 Å². The van der Waals surface area contributed by atoms with Gasteiger partial charge in [0.05, 0.1) is 12.2 Å². The molecule has 0 radical (unpaired) electrons. The molecule has 0 rings (SSSR count). The molecule has 0 saturated carbocycles. The van der Waals surface area contributed by atoms with Crippen LogP contribution in [0.3, 0.4) is 0 Å². The first-order chi connectivity index (χ1) is 9.33. The van der Waals surface area contributed by atoms with Gasteiger partial charge in [-0.1, -0.05) is 38.7 Å². The average molecular weight is 284 g/mol. The Labute approximate surface area is 124 Å². The van der Waals surface area contributed by atoms with Crippen LogP contribution in [0.2, 0.25) is 0 Å². The standard InChI is InChI=1S/C17H32O3/c1-15(2)16(18)19-13-11-9-7-6-8-10-12-14-20-17(3,4)5/h1,6-14H2,2-5H3. The van der Waals surface area contributed by atoms with E-state index in [1.807, 2.05) is 0 Å². The topological polar surface area (TPSA) is 35.5 Å². The Balaban J connectivity index is 3.18. The van der Waals surface area contributed by atoms with Crippen LogP contribution in [-0.4, -0.2) is 24.8 Å². The van der Waals surface area contributed by atoms with Crippen LogP contribution in [0.4, 0.5) is 0 Å². The second kappa shape index (κ2) is 10.9. The van der Waals surface area contributed by atoms with Gasteiger partial charge in [-0.2, -0.15) is 0 Å². The normalized spacial score (nSPS) is 11.4. The predicted octanol–water partition coefficient (Wildman–Crippen LogP) is 4.65. The first-order valence-corrected chi connectivity index (χ1v) is 7.79. The minimum Gasteiger partial charge on any atom is -0.462 e. The smallest absolute Gasteiger partial charge is 0.333 e. The SMILES string of the molecule is C=C(C)C(=O)OCCCCCCCCCOC(C)(C)C. The van der Waals surface area contributed by atoms with Gasteiger partial charge in [-0.25, -0.2) is 4.79 Å². The maximum Gasteiger partial charge on any atom is 0.333 e. The quantitative estimate of drug-likeness (QED) is 0.315. The van der Waals surface area contributed by atoms with Gasteiger partial charge in [0.1, 0.15) is 0 Å². The molecule has 0 aromatic rings. The first kappa shape index (κ1) is 19.2. The molecule has 0 atom stereocenters. The molecular formula is C17H32O3. The number of rotatable bonds is 11. The van der Waals surface area contributed by atoms with E-state index in [-0.39, 0.29) is 11.6 Å². The summed E-state index contributed by atoms with van der Waals surface area (Å²) in [6.45, 7) is 12.9. The van der Waals surface area contributed by atoms with E-state index in [2.05, 4.69) is 27.4 Å². The van der Waals surface area contributed by atoms with Crippen molar-refractivity contribution in [2.75, 3.05) is 13.2 Å².